The van der Waals surface area contributed by atoms with E-state index in [1.165, 1.54) is 24.4 Å². The number of thioether (sulfide) groups is 1. The van der Waals surface area contributed by atoms with Gasteiger partial charge in [-0.1, -0.05) is 79.4 Å². The van der Waals surface area contributed by atoms with Crippen molar-refractivity contribution in [3.8, 4) is 11.5 Å². The molecule has 37 heavy (non-hydrogen) atoms. The summed E-state index contributed by atoms with van der Waals surface area (Å²) in [6.07, 6.45) is 2.73. The number of aryl methyl sites for hydroxylation is 1. The van der Waals surface area contributed by atoms with Crippen LogP contribution in [-0.2, 0) is 16.0 Å². The van der Waals surface area contributed by atoms with Gasteiger partial charge in [0.2, 0.25) is 0 Å². The maximum atomic E-state index is 13.2. The van der Waals surface area contributed by atoms with Gasteiger partial charge in [0.1, 0.15) is 4.32 Å². The average Bonchev–Trinajstić information content (AvgIpc) is 3.20. The Kier molecular flexibility index (Phi) is 8.63. The Morgan fingerprint density at radius 1 is 1.08 bits per heavy atom. The SMILES string of the molecule is CCc1ccc(NC(=O)COc2ccc(/C=C3\SC(=S)N([C@H](C)c4ccccc4)C3=O)cc2OC)cc1. The molecule has 0 radical (unpaired) electrons. The molecule has 0 bridgehead atoms. The summed E-state index contributed by atoms with van der Waals surface area (Å²) in [6.45, 7) is 3.88. The van der Waals surface area contributed by atoms with Crippen LogP contribution in [-0.4, -0.2) is 34.8 Å². The van der Waals surface area contributed by atoms with Crippen molar-refractivity contribution in [3.05, 3.63) is 94.4 Å². The highest BCUT2D eigenvalue weighted by molar-refractivity contribution is 8.26. The Labute approximate surface area is 226 Å². The molecule has 0 aliphatic carbocycles. The molecule has 2 amide bonds. The summed E-state index contributed by atoms with van der Waals surface area (Å²) in [7, 11) is 1.53. The van der Waals surface area contributed by atoms with Crippen LogP contribution in [0.1, 0.15) is 36.6 Å². The van der Waals surface area contributed by atoms with Crippen LogP contribution in [0.2, 0.25) is 0 Å². The number of carbonyl (C=O) groups is 2. The number of ether oxygens (including phenoxy) is 2. The third-order valence-corrected chi connectivity index (χ3v) is 7.31. The first-order valence-electron chi connectivity index (χ1n) is 11.9. The van der Waals surface area contributed by atoms with Crippen molar-refractivity contribution in [2.45, 2.75) is 26.3 Å². The summed E-state index contributed by atoms with van der Waals surface area (Å²) in [5, 5.41) is 2.82. The number of amides is 2. The minimum atomic E-state index is -0.272. The van der Waals surface area contributed by atoms with Crippen molar-refractivity contribution >= 4 is 51.9 Å². The Balaban J connectivity index is 1.42. The molecule has 190 valence electrons. The molecule has 1 saturated heterocycles. The van der Waals surface area contributed by atoms with Crippen molar-refractivity contribution in [2.75, 3.05) is 19.0 Å². The number of anilines is 1. The van der Waals surface area contributed by atoms with E-state index in [0.717, 1.165) is 17.5 Å². The Morgan fingerprint density at radius 2 is 1.81 bits per heavy atom. The van der Waals surface area contributed by atoms with Crippen LogP contribution in [0.15, 0.2) is 77.7 Å². The number of nitrogens with one attached hydrogen (secondary N) is 1. The number of benzene rings is 3. The van der Waals surface area contributed by atoms with Crippen LogP contribution in [0.4, 0.5) is 5.69 Å². The van der Waals surface area contributed by atoms with Crippen LogP contribution in [0.3, 0.4) is 0 Å². The van der Waals surface area contributed by atoms with Gasteiger partial charge in [-0.2, -0.15) is 0 Å². The lowest BCUT2D eigenvalue weighted by Crippen LogP contribution is -2.30. The minimum Gasteiger partial charge on any atom is -0.493 e. The third kappa shape index (κ3) is 6.39. The van der Waals surface area contributed by atoms with Gasteiger partial charge in [0.15, 0.2) is 18.1 Å². The predicted molar refractivity (Wildman–Crippen MR) is 153 cm³/mol. The molecule has 0 unspecified atom stereocenters. The fraction of sp³-hybridized carbons (Fsp3) is 0.207. The fourth-order valence-electron chi connectivity index (χ4n) is 3.90. The molecule has 0 spiro atoms. The lowest BCUT2D eigenvalue weighted by Gasteiger charge is -2.23. The van der Waals surface area contributed by atoms with Gasteiger partial charge in [-0.15, -0.1) is 0 Å². The van der Waals surface area contributed by atoms with Crippen LogP contribution in [0.25, 0.3) is 6.08 Å². The second kappa shape index (κ2) is 12.1. The smallest absolute Gasteiger partial charge is 0.266 e. The number of carbonyl (C=O) groups excluding carboxylic acids is 2. The van der Waals surface area contributed by atoms with Crippen LogP contribution < -0.4 is 14.8 Å². The molecule has 1 fully saturated rings. The van der Waals surface area contributed by atoms with Crippen LogP contribution in [0.5, 0.6) is 11.5 Å². The maximum absolute atomic E-state index is 13.2. The molecule has 8 heteroatoms. The van der Waals surface area contributed by atoms with Gasteiger partial charge >= 0.3 is 0 Å². The van der Waals surface area contributed by atoms with Crippen molar-refractivity contribution in [2.24, 2.45) is 0 Å². The molecule has 3 aromatic carbocycles. The van der Waals surface area contributed by atoms with Crippen LogP contribution >= 0.6 is 24.0 Å². The minimum absolute atomic E-state index is 0.130. The molecular weight excluding hydrogens is 504 g/mol. The normalized spacial score (nSPS) is 15.1. The van der Waals surface area contributed by atoms with Crippen molar-refractivity contribution < 1.29 is 19.1 Å². The number of nitrogens with zero attached hydrogens (tertiary/aromatic N) is 1. The summed E-state index contributed by atoms with van der Waals surface area (Å²) in [6, 6.07) is 22.6. The second-order valence-corrected chi connectivity index (χ2v) is 10.1. The first kappa shape index (κ1) is 26.4. The summed E-state index contributed by atoms with van der Waals surface area (Å²) in [5.41, 5.74) is 3.70. The standard InChI is InChI=1S/C29H28N2O4S2/c1-4-20-10-13-23(14-11-20)30-27(32)18-35-24-15-12-21(16-25(24)34-3)17-26-28(33)31(29(36)37-26)19(2)22-8-6-5-7-9-22/h5-17,19H,4,18H2,1-3H3,(H,30,32)/b26-17-/t19-/m1/s1. The number of methoxy groups -OCH3 is 1. The van der Waals surface area contributed by atoms with Gasteiger partial charge in [0.05, 0.1) is 18.1 Å². The molecule has 4 rings (SSSR count). The number of hydrogen-bond acceptors (Lipinski definition) is 6. The van der Waals surface area contributed by atoms with E-state index in [4.69, 9.17) is 21.7 Å². The Hall–Kier alpha value is -3.62. The fourth-order valence-corrected chi connectivity index (χ4v) is 5.32. The van der Waals surface area contributed by atoms with E-state index in [9.17, 15) is 9.59 Å². The van der Waals surface area contributed by atoms with Gasteiger partial charge in [-0.05, 0) is 60.4 Å². The molecule has 1 aliphatic rings. The van der Waals surface area contributed by atoms with Gasteiger partial charge < -0.3 is 14.8 Å². The zero-order valence-electron chi connectivity index (χ0n) is 20.9. The van der Waals surface area contributed by atoms with Gasteiger partial charge in [0.25, 0.3) is 11.8 Å². The third-order valence-electron chi connectivity index (χ3n) is 5.98. The molecule has 3 aromatic rings. The summed E-state index contributed by atoms with van der Waals surface area (Å²) < 4.78 is 11.7. The van der Waals surface area contributed by atoms with E-state index in [2.05, 4.69) is 12.2 Å². The summed E-state index contributed by atoms with van der Waals surface area (Å²) in [5.74, 6) is 0.490. The topological polar surface area (TPSA) is 67.9 Å². The van der Waals surface area contributed by atoms with Gasteiger partial charge in [0, 0.05) is 5.69 Å². The molecule has 1 N–H and O–H groups in total. The molecular formula is C29H28N2O4S2. The Morgan fingerprint density at radius 3 is 2.49 bits per heavy atom. The molecule has 0 aromatic heterocycles. The molecule has 0 saturated carbocycles. The van der Waals surface area contributed by atoms with E-state index in [1.54, 1.807) is 23.1 Å². The first-order chi connectivity index (χ1) is 17.9. The highest BCUT2D eigenvalue weighted by Gasteiger charge is 2.35. The van der Waals surface area contributed by atoms with Gasteiger partial charge in [-0.25, -0.2) is 0 Å². The summed E-state index contributed by atoms with van der Waals surface area (Å²) >= 11 is 6.80. The quantitative estimate of drug-likeness (QED) is 0.260. The summed E-state index contributed by atoms with van der Waals surface area (Å²) in [4.78, 5) is 27.7. The highest BCUT2D eigenvalue weighted by atomic mass is 32.2. The van der Waals surface area contributed by atoms with E-state index in [1.807, 2.05) is 67.6 Å². The maximum Gasteiger partial charge on any atom is 0.266 e. The van der Waals surface area contributed by atoms with E-state index in [-0.39, 0.29) is 24.5 Å². The van der Waals surface area contributed by atoms with Crippen molar-refractivity contribution in [1.29, 1.82) is 0 Å². The molecule has 1 atom stereocenters. The number of hydrogen-bond donors (Lipinski definition) is 1. The van der Waals surface area contributed by atoms with E-state index in [0.29, 0.717) is 26.4 Å². The molecule has 1 aliphatic heterocycles. The molecule has 1 heterocycles. The predicted octanol–water partition coefficient (Wildman–Crippen LogP) is 6.24. The van der Waals surface area contributed by atoms with Crippen LogP contribution in [0, 0.1) is 0 Å². The zero-order chi connectivity index (χ0) is 26.4. The number of rotatable bonds is 9. The lowest BCUT2D eigenvalue weighted by molar-refractivity contribution is -0.123. The largest absolute Gasteiger partial charge is 0.493 e. The lowest BCUT2D eigenvalue weighted by atomic mass is 10.1. The Bertz CT molecular complexity index is 1320. The van der Waals surface area contributed by atoms with Crippen molar-refractivity contribution in [1.82, 2.24) is 4.90 Å². The number of thiocarbonyl (C=S) groups is 1. The zero-order valence-corrected chi connectivity index (χ0v) is 22.5. The van der Waals surface area contributed by atoms with Crippen molar-refractivity contribution in [3.63, 3.8) is 0 Å². The second-order valence-electron chi connectivity index (χ2n) is 8.44. The highest BCUT2D eigenvalue weighted by Crippen LogP contribution is 2.38. The molecule has 6 nitrogen and oxygen atoms in total. The average molecular weight is 533 g/mol. The first-order valence-corrected chi connectivity index (χ1v) is 13.1. The monoisotopic (exact) mass is 532 g/mol. The van der Waals surface area contributed by atoms with E-state index < -0.39 is 0 Å². The van der Waals surface area contributed by atoms with E-state index >= 15 is 0 Å². The van der Waals surface area contributed by atoms with Gasteiger partial charge in [-0.3, -0.25) is 14.5 Å².